The third-order valence-corrected chi connectivity index (χ3v) is 5.89. The molecule has 0 atom stereocenters. The molecule has 0 spiro atoms. The Balaban J connectivity index is 1.54. The number of piperazine rings is 1. The fourth-order valence-corrected chi connectivity index (χ4v) is 4.07. The summed E-state index contributed by atoms with van der Waals surface area (Å²) in [6.45, 7) is 5.99. The van der Waals surface area contributed by atoms with Gasteiger partial charge in [0.15, 0.2) is 5.82 Å². The average Bonchev–Trinajstić information content (AvgIpc) is 2.84. The number of hydrogen-bond donors (Lipinski definition) is 1. The monoisotopic (exact) mass is 469 g/mol. The number of halogens is 3. The highest BCUT2D eigenvalue weighted by Gasteiger charge is 2.31. The number of carbonyl (C=O) groups is 1. The lowest BCUT2D eigenvalue weighted by atomic mass is 10.1. The van der Waals surface area contributed by atoms with Crippen molar-refractivity contribution in [2.45, 2.75) is 26.4 Å². The normalized spacial score (nSPS) is 14.3. The van der Waals surface area contributed by atoms with Crippen LogP contribution in [0.25, 0.3) is 11.4 Å². The molecule has 1 aromatic heterocycles. The lowest BCUT2D eigenvalue weighted by Crippen LogP contribution is -2.50. The maximum absolute atomic E-state index is 13.2. The van der Waals surface area contributed by atoms with E-state index in [1.54, 1.807) is 11.0 Å². The fourth-order valence-electron chi connectivity index (χ4n) is 4.07. The van der Waals surface area contributed by atoms with Gasteiger partial charge in [0.05, 0.1) is 5.56 Å². The second kappa shape index (κ2) is 9.70. The summed E-state index contributed by atoms with van der Waals surface area (Å²) in [6, 6.07) is 14.2. The highest BCUT2D eigenvalue weighted by atomic mass is 19.4. The number of alkyl halides is 3. The summed E-state index contributed by atoms with van der Waals surface area (Å²) in [5.41, 5.74) is 2.02. The number of carbonyl (C=O) groups excluding carboxylic acids is 1. The Morgan fingerprint density at radius 2 is 1.71 bits per heavy atom. The van der Waals surface area contributed by atoms with Gasteiger partial charge in [-0.1, -0.05) is 37.3 Å². The van der Waals surface area contributed by atoms with Crippen LogP contribution in [0.2, 0.25) is 0 Å². The number of para-hydroxylation sites is 1. The van der Waals surface area contributed by atoms with E-state index in [0.717, 1.165) is 29.1 Å². The molecule has 3 aromatic rings. The quantitative estimate of drug-likeness (QED) is 0.557. The first-order chi connectivity index (χ1) is 16.3. The van der Waals surface area contributed by atoms with Gasteiger partial charge in [0.2, 0.25) is 0 Å². The zero-order chi connectivity index (χ0) is 24.3. The van der Waals surface area contributed by atoms with Gasteiger partial charge >= 0.3 is 12.2 Å². The molecule has 2 heterocycles. The Morgan fingerprint density at radius 3 is 2.35 bits per heavy atom. The van der Waals surface area contributed by atoms with Crippen molar-refractivity contribution in [3.63, 3.8) is 0 Å². The standard InChI is InChI=1S/C25H26F3N5O/c1-3-21-17(2)29-22(18-8-7-9-19(16-18)25(26,27)28)31-23(21)32-12-14-33(15-13-32)24(34)30-20-10-5-4-6-11-20/h4-11,16H,3,12-15H2,1-2H3,(H,30,34). The molecule has 6 nitrogen and oxygen atoms in total. The maximum Gasteiger partial charge on any atom is 0.416 e. The van der Waals surface area contributed by atoms with E-state index in [1.807, 2.05) is 44.2 Å². The number of benzene rings is 2. The molecule has 1 N–H and O–H groups in total. The smallest absolute Gasteiger partial charge is 0.353 e. The molecule has 0 bridgehead atoms. The number of aromatic nitrogens is 2. The minimum atomic E-state index is -4.44. The van der Waals surface area contributed by atoms with E-state index in [2.05, 4.69) is 20.2 Å². The summed E-state index contributed by atoms with van der Waals surface area (Å²) in [6.07, 6.45) is -3.74. The molecule has 1 aliphatic heterocycles. The van der Waals surface area contributed by atoms with Crippen molar-refractivity contribution in [1.29, 1.82) is 0 Å². The van der Waals surface area contributed by atoms with Crippen LogP contribution in [-0.2, 0) is 12.6 Å². The summed E-state index contributed by atoms with van der Waals surface area (Å²) in [4.78, 5) is 25.6. The Kier molecular flexibility index (Phi) is 6.72. The number of anilines is 2. The van der Waals surface area contributed by atoms with Crippen LogP contribution in [0.3, 0.4) is 0 Å². The van der Waals surface area contributed by atoms with Gasteiger partial charge in [-0.05, 0) is 37.6 Å². The van der Waals surface area contributed by atoms with E-state index in [0.29, 0.717) is 44.0 Å². The number of aryl methyl sites for hydroxylation is 1. The summed E-state index contributed by atoms with van der Waals surface area (Å²) >= 11 is 0. The topological polar surface area (TPSA) is 61.4 Å². The van der Waals surface area contributed by atoms with E-state index in [-0.39, 0.29) is 11.9 Å². The lowest BCUT2D eigenvalue weighted by Gasteiger charge is -2.36. The number of nitrogens with one attached hydrogen (secondary N) is 1. The molecule has 1 aliphatic rings. The minimum absolute atomic E-state index is 0.162. The number of rotatable bonds is 4. The molecule has 178 valence electrons. The number of amides is 2. The molecule has 34 heavy (non-hydrogen) atoms. The molecular weight excluding hydrogens is 443 g/mol. The van der Waals surface area contributed by atoms with Gasteiger partial charge in [0.25, 0.3) is 0 Å². The van der Waals surface area contributed by atoms with Crippen LogP contribution in [-0.4, -0.2) is 47.1 Å². The lowest BCUT2D eigenvalue weighted by molar-refractivity contribution is -0.137. The van der Waals surface area contributed by atoms with Crippen LogP contribution in [0.15, 0.2) is 54.6 Å². The predicted octanol–water partition coefficient (Wildman–Crippen LogP) is 5.39. The van der Waals surface area contributed by atoms with Crippen molar-refractivity contribution in [2.75, 3.05) is 36.4 Å². The van der Waals surface area contributed by atoms with Crippen molar-refractivity contribution >= 4 is 17.5 Å². The summed E-state index contributed by atoms with van der Waals surface area (Å²) in [5, 5.41) is 2.90. The molecule has 0 unspecified atom stereocenters. The second-order valence-electron chi connectivity index (χ2n) is 8.14. The summed E-state index contributed by atoms with van der Waals surface area (Å²) in [7, 11) is 0. The average molecular weight is 470 g/mol. The Hall–Kier alpha value is -3.62. The second-order valence-corrected chi connectivity index (χ2v) is 8.14. The van der Waals surface area contributed by atoms with Gasteiger partial charge in [0, 0.05) is 48.7 Å². The Morgan fingerprint density at radius 1 is 1.00 bits per heavy atom. The van der Waals surface area contributed by atoms with Crippen molar-refractivity contribution < 1.29 is 18.0 Å². The summed E-state index contributed by atoms with van der Waals surface area (Å²) in [5.74, 6) is 0.977. The van der Waals surface area contributed by atoms with Crippen LogP contribution >= 0.6 is 0 Å². The highest BCUT2D eigenvalue weighted by molar-refractivity contribution is 5.89. The van der Waals surface area contributed by atoms with Crippen LogP contribution in [0, 0.1) is 6.92 Å². The van der Waals surface area contributed by atoms with E-state index in [1.165, 1.54) is 6.07 Å². The third kappa shape index (κ3) is 5.13. The van der Waals surface area contributed by atoms with Crippen molar-refractivity contribution in [3.05, 3.63) is 71.4 Å². The van der Waals surface area contributed by atoms with Crippen LogP contribution in [0.5, 0.6) is 0 Å². The van der Waals surface area contributed by atoms with Gasteiger partial charge in [-0.25, -0.2) is 14.8 Å². The van der Waals surface area contributed by atoms with E-state index in [4.69, 9.17) is 0 Å². The van der Waals surface area contributed by atoms with Gasteiger partial charge in [-0.2, -0.15) is 13.2 Å². The molecule has 2 aromatic carbocycles. The maximum atomic E-state index is 13.2. The largest absolute Gasteiger partial charge is 0.416 e. The van der Waals surface area contributed by atoms with E-state index >= 15 is 0 Å². The zero-order valence-electron chi connectivity index (χ0n) is 19.1. The van der Waals surface area contributed by atoms with Crippen molar-refractivity contribution in [1.82, 2.24) is 14.9 Å². The van der Waals surface area contributed by atoms with Gasteiger partial charge in [0.1, 0.15) is 5.82 Å². The number of urea groups is 1. The van der Waals surface area contributed by atoms with Crippen molar-refractivity contribution in [2.24, 2.45) is 0 Å². The van der Waals surface area contributed by atoms with Gasteiger partial charge in [-0.3, -0.25) is 0 Å². The SMILES string of the molecule is CCc1c(C)nc(-c2cccc(C(F)(F)F)c2)nc1N1CCN(C(=O)Nc2ccccc2)CC1. The van der Waals surface area contributed by atoms with E-state index in [9.17, 15) is 18.0 Å². The fraction of sp³-hybridized carbons (Fsp3) is 0.320. The first-order valence-corrected chi connectivity index (χ1v) is 11.2. The minimum Gasteiger partial charge on any atom is -0.353 e. The molecule has 2 amide bonds. The first-order valence-electron chi connectivity index (χ1n) is 11.2. The molecule has 4 rings (SSSR count). The number of hydrogen-bond acceptors (Lipinski definition) is 4. The van der Waals surface area contributed by atoms with E-state index < -0.39 is 11.7 Å². The predicted molar refractivity (Wildman–Crippen MR) is 126 cm³/mol. The summed E-state index contributed by atoms with van der Waals surface area (Å²) < 4.78 is 39.6. The van der Waals surface area contributed by atoms with Crippen LogP contribution in [0.1, 0.15) is 23.7 Å². The molecule has 9 heteroatoms. The molecule has 1 saturated heterocycles. The molecule has 1 fully saturated rings. The highest BCUT2D eigenvalue weighted by Crippen LogP contribution is 2.32. The Bertz CT molecular complexity index is 1160. The molecule has 0 radical (unpaired) electrons. The van der Waals surface area contributed by atoms with Gasteiger partial charge in [-0.15, -0.1) is 0 Å². The van der Waals surface area contributed by atoms with Crippen molar-refractivity contribution in [3.8, 4) is 11.4 Å². The zero-order valence-corrected chi connectivity index (χ0v) is 19.1. The van der Waals surface area contributed by atoms with Gasteiger partial charge < -0.3 is 15.1 Å². The molecular formula is C25H26F3N5O. The van der Waals surface area contributed by atoms with Crippen LogP contribution < -0.4 is 10.2 Å². The Labute approximate surface area is 196 Å². The molecule has 0 aliphatic carbocycles. The van der Waals surface area contributed by atoms with Crippen LogP contribution in [0.4, 0.5) is 29.5 Å². The first kappa shape index (κ1) is 23.5. The molecule has 0 saturated carbocycles. The third-order valence-electron chi connectivity index (χ3n) is 5.89. The number of nitrogens with zero attached hydrogens (tertiary/aromatic N) is 4.